The highest BCUT2D eigenvalue weighted by Crippen LogP contribution is 2.21. The number of hydrogen-bond acceptors (Lipinski definition) is 3. The van der Waals surface area contributed by atoms with E-state index in [9.17, 15) is 9.59 Å². The zero-order valence-electron chi connectivity index (χ0n) is 15.9. The van der Waals surface area contributed by atoms with Crippen LogP contribution in [0.25, 0.3) is 22.3 Å². The minimum absolute atomic E-state index is 0.336. The van der Waals surface area contributed by atoms with Gasteiger partial charge in [-0.25, -0.2) is 4.98 Å². The average molecular weight is 404 g/mol. The third kappa shape index (κ3) is 3.65. The normalized spacial score (nSPS) is 10.9. The van der Waals surface area contributed by atoms with Crippen molar-refractivity contribution < 1.29 is 4.79 Å². The monoisotopic (exact) mass is 403 g/mol. The van der Waals surface area contributed by atoms with Crippen LogP contribution in [0, 0.1) is 13.8 Å². The van der Waals surface area contributed by atoms with Gasteiger partial charge in [-0.15, -0.1) is 0 Å². The molecule has 1 heterocycles. The molecule has 4 aromatic rings. The zero-order valence-corrected chi connectivity index (χ0v) is 16.7. The maximum absolute atomic E-state index is 13.2. The molecule has 0 radical (unpaired) electrons. The summed E-state index contributed by atoms with van der Waals surface area (Å²) in [4.78, 5) is 30.7. The SMILES string of the molecule is Cc1ccc(C(=O)Nn2c(-c3ccc(Cl)cc3)nc3ccccc3c2=O)cc1C. The highest BCUT2D eigenvalue weighted by atomic mass is 35.5. The molecule has 6 heteroatoms. The second-order valence-corrected chi connectivity index (χ2v) is 7.28. The first-order valence-electron chi connectivity index (χ1n) is 9.10. The number of rotatable bonds is 3. The van der Waals surface area contributed by atoms with E-state index in [1.807, 2.05) is 26.0 Å². The lowest BCUT2D eigenvalue weighted by Gasteiger charge is -2.15. The van der Waals surface area contributed by atoms with E-state index in [1.165, 1.54) is 4.68 Å². The van der Waals surface area contributed by atoms with Crippen LogP contribution in [0.5, 0.6) is 0 Å². The molecule has 29 heavy (non-hydrogen) atoms. The Morgan fingerprint density at radius 2 is 1.69 bits per heavy atom. The van der Waals surface area contributed by atoms with Gasteiger partial charge < -0.3 is 0 Å². The molecule has 0 fully saturated rings. The molecule has 0 aliphatic heterocycles. The number of nitrogens with zero attached hydrogens (tertiary/aromatic N) is 2. The molecule has 1 aromatic heterocycles. The van der Waals surface area contributed by atoms with Crippen LogP contribution in [0.3, 0.4) is 0 Å². The van der Waals surface area contributed by atoms with Crippen LogP contribution in [0.2, 0.25) is 5.02 Å². The number of benzene rings is 3. The number of para-hydroxylation sites is 1. The van der Waals surface area contributed by atoms with E-state index in [-0.39, 0.29) is 11.5 Å². The number of hydrogen-bond donors (Lipinski definition) is 1. The smallest absolute Gasteiger partial charge is 0.267 e. The molecule has 144 valence electrons. The first-order valence-corrected chi connectivity index (χ1v) is 9.48. The summed E-state index contributed by atoms with van der Waals surface area (Å²) in [5.41, 5.74) is 6.14. The molecule has 0 aliphatic rings. The summed E-state index contributed by atoms with van der Waals surface area (Å²) < 4.78 is 1.20. The summed E-state index contributed by atoms with van der Waals surface area (Å²) in [7, 11) is 0. The minimum Gasteiger partial charge on any atom is -0.267 e. The Balaban J connectivity index is 1.87. The van der Waals surface area contributed by atoms with Crippen molar-refractivity contribution in [3.63, 3.8) is 0 Å². The van der Waals surface area contributed by atoms with Crippen LogP contribution in [0.1, 0.15) is 21.5 Å². The molecule has 0 atom stereocenters. The van der Waals surface area contributed by atoms with Gasteiger partial charge in [-0.2, -0.15) is 4.68 Å². The topological polar surface area (TPSA) is 64.0 Å². The van der Waals surface area contributed by atoms with Crippen molar-refractivity contribution in [1.82, 2.24) is 9.66 Å². The maximum Gasteiger partial charge on any atom is 0.280 e. The van der Waals surface area contributed by atoms with E-state index >= 15 is 0 Å². The number of halogens is 1. The second-order valence-electron chi connectivity index (χ2n) is 6.84. The number of carbonyl (C=O) groups is 1. The van der Waals surface area contributed by atoms with E-state index in [0.29, 0.717) is 32.9 Å². The lowest BCUT2D eigenvalue weighted by Crippen LogP contribution is -2.35. The number of aryl methyl sites for hydroxylation is 2. The Morgan fingerprint density at radius 3 is 2.41 bits per heavy atom. The quantitative estimate of drug-likeness (QED) is 0.538. The van der Waals surface area contributed by atoms with Crippen molar-refractivity contribution in [2.24, 2.45) is 0 Å². The Hall–Kier alpha value is -3.44. The van der Waals surface area contributed by atoms with Gasteiger partial charge in [0.15, 0.2) is 5.82 Å². The predicted molar refractivity (Wildman–Crippen MR) is 116 cm³/mol. The van der Waals surface area contributed by atoms with E-state index in [1.54, 1.807) is 54.6 Å². The third-order valence-corrected chi connectivity index (χ3v) is 5.11. The molecule has 3 aromatic carbocycles. The Labute approximate surface area is 172 Å². The van der Waals surface area contributed by atoms with Crippen molar-refractivity contribution in [2.45, 2.75) is 13.8 Å². The summed E-state index contributed by atoms with van der Waals surface area (Å²) in [6, 6.07) is 19.4. The Bertz CT molecular complexity index is 1290. The summed E-state index contributed by atoms with van der Waals surface area (Å²) in [6.45, 7) is 3.92. The first kappa shape index (κ1) is 18.9. The van der Waals surface area contributed by atoms with Crippen LogP contribution in [-0.2, 0) is 0 Å². The van der Waals surface area contributed by atoms with E-state index < -0.39 is 0 Å². The largest absolute Gasteiger partial charge is 0.280 e. The van der Waals surface area contributed by atoms with Crippen LogP contribution < -0.4 is 11.0 Å². The fourth-order valence-corrected chi connectivity index (χ4v) is 3.20. The standard InChI is InChI=1S/C23H18ClN3O2/c1-14-7-8-17(13-15(14)2)22(28)26-27-21(16-9-11-18(24)12-10-16)25-20-6-4-3-5-19(20)23(27)29/h3-13H,1-2H3,(H,26,28). The molecule has 0 unspecified atom stereocenters. The Kier molecular flexibility index (Phi) is 4.91. The van der Waals surface area contributed by atoms with E-state index in [0.717, 1.165) is 11.1 Å². The van der Waals surface area contributed by atoms with Gasteiger partial charge in [0.1, 0.15) is 0 Å². The van der Waals surface area contributed by atoms with Gasteiger partial charge in [-0.05, 0) is 73.5 Å². The molecule has 5 nitrogen and oxygen atoms in total. The van der Waals surface area contributed by atoms with Gasteiger partial charge in [-0.1, -0.05) is 29.8 Å². The molecule has 4 rings (SSSR count). The van der Waals surface area contributed by atoms with Crippen molar-refractivity contribution in [3.05, 3.63) is 98.8 Å². The third-order valence-electron chi connectivity index (χ3n) is 4.86. The van der Waals surface area contributed by atoms with Crippen LogP contribution >= 0.6 is 11.6 Å². The summed E-state index contributed by atoms with van der Waals surface area (Å²) in [6.07, 6.45) is 0. The molecular formula is C23H18ClN3O2. The van der Waals surface area contributed by atoms with Crippen LogP contribution in [0.15, 0.2) is 71.5 Å². The van der Waals surface area contributed by atoms with Gasteiger partial charge >= 0.3 is 0 Å². The second kappa shape index (κ2) is 7.53. The van der Waals surface area contributed by atoms with Gasteiger partial charge in [0.25, 0.3) is 11.5 Å². The number of nitrogens with one attached hydrogen (secondary N) is 1. The minimum atomic E-state index is -0.387. The molecule has 1 amide bonds. The van der Waals surface area contributed by atoms with Crippen LogP contribution in [-0.4, -0.2) is 15.6 Å². The highest BCUT2D eigenvalue weighted by Gasteiger charge is 2.16. The van der Waals surface area contributed by atoms with Crippen molar-refractivity contribution in [3.8, 4) is 11.4 Å². The molecule has 1 N–H and O–H groups in total. The highest BCUT2D eigenvalue weighted by molar-refractivity contribution is 6.30. The first-order chi connectivity index (χ1) is 13.9. The average Bonchev–Trinajstić information content (AvgIpc) is 2.72. The molecule has 0 saturated carbocycles. The fraction of sp³-hybridized carbons (Fsp3) is 0.0870. The summed E-state index contributed by atoms with van der Waals surface area (Å²) >= 11 is 6.00. The molecule has 0 spiro atoms. The fourth-order valence-electron chi connectivity index (χ4n) is 3.08. The summed E-state index contributed by atoms with van der Waals surface area (Å²) in [5.74, 6) is -0.0509. The maximum atomic E-state index is 13.2. The number of carbonyl (C=O) groups excluding carboxylic acids is 1. The summed E-state index contributed by atoms with van der Waals surface area (Å²) in [5, 5.41) is 0.994. The van der Waals surface area contributed by atoms with Crippen molar-refractivity contribution >= 4 is 28.4 Å². The molecule has 0 bridgehead atoms. The number of aromatic nitrogens is 2. The van der Waals surface area contributed by atoms with Crippen LogP contribution in [0.4, 0.5) is 0 Å². The van der Waals surface area contributed by atoms with E-state index in [2.05, 4.69) is 10.4 Å². The molecule has 0 saturated heterocycles. The molecular weight excluding hydrogens is 386 g/mol. The van der Waals surface area contributed by atoms with Gasteiger partial charge in [0.05, 0.1) is 10.9 Å². The molecule has 0 aliphatic carbocycles. The lowest BCUT2D eigenvalue weighted by molar-refractivity contribution is 0.101. The van der Waals surface area contributed by atoms with Gasteiger partial charge in [0.2, 0.25) is 0 Å². The zero-order chi connectivity index (χ0) is 20.5. The van der Waals surface area contributed by atoms with Gasteiger partial charge in [-0.3, -0.25) is 15.0 Å². The number of amides is 1. The van der Waals surface area contributed by atoms with Gasteiger partial charge in [0, 0.05) is 16.1 Å². The predicted octanol–water partition coefficient (Wildman–Crippen LogP) is 4.72. The number of fused-ring (bicyclic) bond motifs is 1. The lowest BCUT2D eigenvalue weighted by atomic mass is 10.1. The van der Waals surface area contributed by atoms with Crippen molar-refractivity contribution in [2.75, 3.05) is 5.43 Å². The van der Waals surface area contributed by atoms with E-state index in [4.69, 9.17) is 11.6 Å². The van der Waals surface area contributed by atoms with Crippen molar-refractivity contribution in [1.29, 1.82) is 0 Å². The Morgan fingerprint density at radius 1 is 0.966 bits per heavy atom.